The predicted molar refractivity (Wildman–Crippen MR) is 126 cm³/mol. The summed E-state index contributed by atoms with van der Waals surface area (Å²) in [5.74, 6) is 1.49. The first-order valence-corrected chi connectivity index (χ1v) is 11.7. The molecule has 8 nitrogen and oxygen atoms in total. The van der Waals surface area contributed by atoms with Gasteiger partial charge in [0, 0.05) is 13.2 Å². The van der Waals surface area contributed by atoms with Crippen LogP contribution in [0.25, 0.3) is 0 Å². The van der Waals surface area contributed by atoms with Gasteiger partial charge in [-0.2, -0.15) is 0 Å². The summed E-state index contributed by atoms with van der Waals surface area (Å²) in [6.07, 6.45) is 3.20. The Labute approximate surface area is 198 Å². The van der Waals surface area contributed by atoms with Crippen molar-refractivity contribution >= 4 is 12.2 Å². The minimum atomic E-state index is 0.0416. The van der Waals surface area contributed by atoms with Crippen molar-refractivity contribution in [3.8, 4) is 11.5 Å². The Morgan fingerprint density at radius 2 is 1.82 bits per heavy atom. The van der Waals surface area contributed by atoms with E-state index in [0.29, 0.717) is 18.0 Å². The highest BCUT2D eigenvalue weighted by atomic mass is 32.1. The van der Waals surface area contributed by atoms with Crippen LogP contribution >= 0.6 is 12.2 Å². The number of nitrogens with zero attached hydrogens (tertiary/aromatic N) is 5. The molecule has 0 bridgehead atoms. The lowest BCUT2D eigenvalue weighted by Crippen LogP contribution is -2.38. The van der Waals surface area contributed by atoms with E-state index in [-0.39, 0.29) is 12.1 Å². The molecule has 0 aliphatic carbocycles. The van der Waals surface area contributed by atoms with Crippen LogP contribution in [0.1, 0.15) is 35.6 Å². The lowest BCUT2D eigenvalue weighted by atomic mass is 9.88. The fraction of sp³-hybridized carbons (Fsp3) is 0.458. The summed E-state index contributed by atoms with van der Waals surface area (Å²) in [7, 11) is 3.35. The van der Waals surface area contributed by atoms with Crippen LogP contribution in [-0.2, 0) is 24.4 Å². The number of aromatic nitrogens is 4. The average Bonchev–Trinajstić information content (AvgIpc) is 3.49. The minimum absolute atomic E-state index is 0.0416. The summed E-state index contributed by atoms with van der Waals surface area (Å²) in [5, 5.41) is 8.70. The van der Waals surface area contributed by atoms with Crippen molar-refractivity contribution in [2.75, 3.05) is 27.4 Å². The van der Waals surface area contributed by atoms with Crippen LogP contribution in [0.5, 0.6) is 11.5 Å². The van der Waals surface area contributed by atoms with Crippen LogP contribution in [-0.4, -0.2) is 58.2 Å². The van der Waals surface area contributed by atoms with E-state index in [0.717, 1.165) is 43.9 Å². The monoisotopic (exact) mass is 467 g/mol. The highest BCUT2D eigenvalue weighted by Crippen LogP contribution is 2.41. The molecule has 2 aromatic carbocycles. The largest absolute Gasteiger partial charge is 0.493 e. The zero-order valence-electron chi connectivity index (χ0n) is 19.0. The molecule has 33 heavy (non-hydrogen) atoms. The van der Waals surface area contributed by atoms with E-state index in [9.17, 15) is 0 Å². The molecule has 1 fully saturated rings. The average molecular weight is 468 g/mol. The Balaban J connectivity index is 1.48. The number of ether oxygens (including phenoxy) is 3. The SMILES string of the molecule is COc1cc2c(cc1OC)[C@@H](c1ccccc1)N(Cn1nnn(C[C@@H]3CCCO3)c1=S)CC2. The summed E-state index contributed by atoms with van der Waals surface area (Å²) in [6, 6.07) is 14.8. The molecule has 0 radical (unpaired) electrons. The van der Waals surface area contributed by atoms with E-state index in [1.165, 1.54) is 16.7 Å². The third kappa shape index (κ3) is 4.40. The Kier molecular flexibility index (Phi) is 6.43. The molecule has 0 spiro atoms. The number of tetrazole rings is 1. The summed E-state index contributed by atoms with van der Waals surface area (Å²) in [6.45, 7) is 2.88. The number of hydrogen-bond donors (Lipinski definition) is 0. The Morgan fingerprint density at radius 3 is 2.55 bits per heavy atom. The van der Waals surface area contributed by atoms with Gasteiger partial charge in [0.15, 0.2) is 11.5 Å². The quantitative estimate of drug-likeness (QED) is 0.492. The Bertz CT molecular complexity index is 1160. The third-order valence-corrected chi connectivity index (χ3v) is 6.92. The fourth-order valence-corrected chi connectivity index (χ4v) is 5.04. The molecule has 9 heteroatoms. The van der Waals surface area contributed by atoms with E-state index >= 15 is 0 Å². The van der Waals surface area contributed by atoms with Gasteiger partial charge in [-0.25, -0.2) is 9.36 Å². The second kappa shape index (κ2) is 9.62. The number of rotatable bonds is 7. The van der Waals surface area contributed by atoms with Crippen LogP contribution in [0.4, 0.5) is 0 Å². The number of methoxy groups -OCH3 is 2. The molecule has 2 aliphatic rings. The van der Waals surface area contributed by atoms with Gasteiger partial charge in [0.2, 0.25) is 4.77 Å². The molecule has 5 rings (SSSR count). The fourth-order valence-electron chi connectivity index (χ4n) is 4.84. The lowest BCUT2D eigenvalue weighted by Gasteiger charge is -2.37. The number of hydrogen-bond acceptors (Lipinski definition) is 7. The second-order valence-electron chi connectivity index (χ2n) is 8.50. The van der Waals surface area contributed by atoms with Crippen molar-refractivity contribution in [2.24, 2.45) is 0 Å². The van der Waals surface area contributed by atoms with Crippen molar-refractivity contribution in [3.05, 3.63) is 63.9 Å². The zero-order chi connectivity index (χ0) is 22.8. The minimum Gasteiger partial charge on any atom is -0.493 e. The van der Waals surface area contributed by atoms with Crippen molar-refractivity contribution < 1.29 is 14.2 Å². The lowest BCUT2D eigenvalue weighted by molar-refractivity contribution is 0.0929. The van der Waals surface area contributed by atoms with E-state index in [2.05, 4.69) is 51.7 Å². The summed E-state index contributed by atoms with van der Waals surface area (Å²) in [4.78, 5) is 2.39. The summed E-state index contributed by atoms with van der Waals surface area (Å²) in [5.41, 5.74) is 3.69. The first kappa shape index (κ1) is 22.1. The zero-order valence-corrected chi connectivity index (χ0v) is 19.8. The molecular weight excluding hydrogens is 438 g/mol. The van der Waals surface area contributed by atoms with Crippen molar-refractivity contribution in [3.63, 3.8) is 0 Å². The molecule has 0 N–H and O–H groups in total. The van der Waals surface area contributed by atoms with Gasteiger partial charge < -0.3 is 14.2 Å². The highest BCUT2D eigenvalue weighted by Gasteiger charge is 2.31. The van der Waals surface area contributed by atoms with Gasteiger partial charge in [-0.15, -0.1) is 0 Å². The maximum absolute atomic E-state index is 5.75. The number of benzene rings is 2. The van der Waals surface area contributed by atoms with Crippen LogP contribution in [0.2, 0.25) is 0 Å². The van der Waals surface area contributed by atoms with Crippen molar-refractivity contribution in [1.82, 2.24) is 24.7 Å². The van der Waals surface area contributed by atoms with E-state index in [1.807, 2.05) is 10.7 Å². The van der Waals surface area contributed by atoms with Gasteiger partial charge in [-0.05, 0) is 70.7 Å². The van der Waals surface area contributed by atoms with Crippen molar-refractivity contribution in [1.29, 1.82) is 0 Å². The molecule has 0 amide bonds. The van der Waals surface area contributed by atoms with Gasteiger partial charge in [0.1, 0.15) is 0 Å². The van der Waals surface area contributed by atoms with Crippen molar-refractivity contribution in [2.45, 2.75) is 44.6 Å². The maximum atomic E-state index is 5.75. The van der Waals surface area contributed by atoms with Gasteiger partial charge in [-0.3, -0.25) is 4.90 Å². The third-order valence-electron chi connectivity index (χ3n) is 6.50. The molecule has 3 heterocycles. The van der Waals surface area contributed by atoms with Crippen LogP contribution in [0.3, 0.4) is 0 Å². The van der Waals surface area contributed by atoms with Gasteiger partial charge in [0.25, 0.3) is 0 Å². The first-order valence-electron chi connectivity index (χ1n) is 11.3. The van der Waals surface area contributed by atoms with Gasteiger partial charge in [-0.1, -0.05) is 30.3 Å². The normalized spacial score (nSPS) is 20.5. The second-order valence-corrected chi connectivity index (χ2v) is 8.87. The maximum Gasteiger partial charge on any atom is 0.217 e. The first-order chi connectivity index (χ1) is 16.2. The standard InChI is InChI=1S/C24H29N5O3S/c1-30-21-13-18-10-11-27(16-29-24(33)28(25-26-29)15-19-9-6-12-32-19)23(17-7-4-3-5-8-17)20(18)14-22(21)31-2/h3-5,7-8,13-14,19,23H,6,9-12,15-16H2,1-2H3/t19-,23+/m0/s1. The topological polar surface area (TPSA) is 66.6 Å². The van der Waals surface area contributed by atoms with E-state index < -0.39 is 0 Å². The Hall–Kier alpha value is -2.75. The highest BCUT2D eigenvalue weighted by molar-refractivity contribution is 7.71. The van der Waals surface area contributed by atoms with Gasteiger partial charge >= 0.3 is 0 Å². The molecule has 1 aromatic heterocycles. The van der Waals surface area contributed by atoms with E-state index in [1.54, 1.807) is 18.9 Å². The molecule has 2 aliphatic heterocycles. The molecule has 0 unspecified atom stereocenters. The number of fused-ring (bicyclic) bond motifs is 1. The van der Waals surface area contributed by atoms with Crippen LogP contribution in [0.15, 0.2) is 42.5 Å². The molecular formula is C24H29N5O3S. The molecule has 2 atom stereocenters. The Morgan fingerprint density at radius 1 is 1.06 bits per heavy atom. The van der Waals surface area contributed by atoms with E-state index in [4.69, 9.17) is 26.4 Å². The molecule has 174 valence electrons. The summed E-state index contributed by atoms with van der Waals surface area (Å²) < 4.78 is 21.1. The van der Waals surface area contributed by atoms with Crippen LogP contribution in [0, 0.1) is 4.77 Å². The molecule has 0 saturated carbocycles. The van der Waals surface area contributed by atoms with Crippen LogP contribution < -0.4 is 9.47 Å². The summed E-state index contributed by atoms with van der Waals surface area (Å²) >= 11 is 5.72. The molecule has 3 aromatic rings. The molecule has 1 saturated heterocycles. The smallest absolute Gasteiger partial charge is 0.217 e. The predicted octanol–water partition coefficient (Wildman–Crippen LogP) is 3.61. The van der Waals surface area contributed by atoms with Gasteiger partial charge in [0.05, 0.1) is 39.6 Å².